The number of hydrogen-bond donors (Lipinski definition) is 2. The largest absolute Gasteiger partial charge is 0.407 e. The normalized spacial score (nSPS) is 31.6. The molecule has 2 saturated heterocycles. The smallest absolute Gasteiger partial charge is 0.318 e. The second-order valence-electron chi connectivity index (χ2n) is 8.17. The third kappa shape index (κ3) is 3.22. The van der Waals surface area contributed by atoms with E-state index in [1.165, 1.54) is 0 Å². The molecule has 2 aliphatic rings. The first-order chi connectivity index (χ1) is 10.6. The van der Waals surface area contributed by atoms with Crippen LogP contribution in [-0.2, 0) is 10.2 Å². The van der Waals surface area contributed by atoms with E-state index in [4.69, 9.17) is 9.15 Å². The van der Waals surface area contributed by atoms with Gasteiger partial charge < -0.3 is 24.3 Å². The molecule has 0 saturated carbocycles. The Labute approximate surface area is 136 Å². The highest BCUT2D eigenvalue weighted by atomic mass is 16.5. The molecule has 0 unspecified atom stereocenters. The van der Waals surface area contributed by atoms with Crippen LogP contribution < -0.4 is 4.90 Å². The minimum absolute atomic E-state index is 0.163. The fourth-order valence-electron chi connectivity index (χ4n) is 3.33. The molecule has 7 nitrogen and oxygen atoms in total. The summed E-state index contributed by atoms with van der Waals surface area (Å²) in [6.07, 6.45) is 1.16. The second-order valence-corrected chi connectivity index (χ2v) is 8.17. The molecule has 0 radical (unpaired) electrons. The first-order valence-electron chi connectivity index (χ1n) is 8.25. The van der Waals surface area contributed by atoms with E-state index in [0.29, 0.717) is 18.3 Å². The third-order valence-corrected chi connectivity index (χ3v) is 4.95. The molecule has 3 rings (SSSR count). The molecular formula is C16H27N3O4. The SMILES string of the molecule is CC(C)(C)c1nnc(N2CCC3(CC2)C[C@](C)(O)[C@@H](O)CO3)o1. The van der Waals surface area contributed by atoms with Crippen LogP contribution in [0.15, 0.2) is 4.42 Å². The van der Waals surface area contributed by atoms with Crippen LogP contribution in [-0.4, -0.2) is 57.4 Å². The summed E-state index contributed by atoms with van der Waals surface area (Å²) < 4.78 is 11.7. The molecule has 0 aliphatic carbocycles. The molecule has 0 aromatic carbocycles. The molecule has 1 spiro atoms. The van der Waals surface area contributed by atoms with E-state index in [1.807, 2.05) is 20.8 Å². The van der Waals surface area contributed by atoms with Crippen LogP contribution in [0.25, 0.3) is 0 Å². The highest BCUT2D eigenvalue weighted by Gasteiger charge is 2.49. The van der Waals surface area contributed by atoms with Gasteiger partial charge in [0.15, 0.2) is 0 Å². The molecule has 0 bridgehead atoms. The first kappa shape index (κ1) is 16.7. The van der Waals surface area contributed by atoms with Crippen molar-refractivity contribution in [2.75, 3.05) is 24.6 Å². The summed E-state index contributed by atoms with van der Waals surface area (Å²) in [5.74, 6) is 0.632. The predicted molar refractivity (Wildman–Crippen MR) is 84.4 cm³/mol. The van der Waals surface area contributed by atoms with Crippen LogP contribution in [0.3, 0.4) is 0 Å². The Kier molecular flexibility index (Phi) is 3.93. The number of aromatic nitrogens is 2. The van der Waals surface area contributed by atoms with E-state index in [0.717, 1.165) is 25.9 Å². The lowest BCUT2D eigenvalue weighted by Crippen LogP contribution is -2.59. The van der Waals surface area contributed by atoms with E-state index in [1.54, 1.807) is 6.92 Å². The van der Waals surface area contributed by atoms with E-state index in [-0.39, 0.29) is 17.6 Å². The number of nitrogens with zero attached hydrogens (tertiary/aromatic N) is 3. The van der Waals surface area contributed by atoms with Gasteiger partial charge in [-0.05, 0) is 19.8 Å². The molecule has 2 fully saturated rings. The van der Waals surface area contributed by atoms with Crippen molar-refractivity contribution in [2.24, 2.45) is 0 Å². The van der Waals surface area contributed by atoms with Crippen molar-refractivity contribution in [1.29, 1.82) is 0 Å². The minimum Gasteiger partial charge on any atom is -0.407 e. The van der Waals surface area contributed by atoms with Gasteiger partial charge in [0.05, 0.1) is 17.8 Å². The average Bonchev–Trinajstić information content (AvgIpc) is 2.94. The van der Waals surface area contributed by atoms with Gasteiger partial charge in [-0.2, -0.15) is 0 Å². The Morgan fingerprint density at radius 3 is 2.39 bits per heavy atom. The van der Waals surface area contributed by atoms with Crippen LogP contribution in [0.5, 0.6) is 0 Å². The van der Waals surface area contributed by atoms with E-state index in [2.05, 4.69) is 15.1 Å². The molecule has 2 atom stereocenters. The van der Waals surface area contributed by atoms with Gasteiger partial charge in [0, 0.05) is 24.9 Å². The number of aliphatic hydroxyl groups excluding tert-OH is 1. The highest BCUT2D eigenvalue weighted by molar-refractivity contribution is 5.27. The molecule has 3 heterocycles. The molecular weight excluding hydrogens is 298 g/mol. The fraction of sp³-hybridized carbons (Fsp3) is 0.875. The summed E-state index contributed by atoms with van der Waals surface area (Å²) in [6.45, 7) is 9.45. The number of piperidine rings is 1. The predicted octanol–water partition coefficient (Wildman–Crippen LogP) is 1.24. The van der Waals surface area contributed by atoms with Crippen molar-refractivity contribution in [3.8, 4) is 0 Å². The van der Waals surface area contributed by atoms with Crippen LogP contribution in [0.2, 0.25) is 0 Å². The number of ether oxygens (including phenoxy) is 1. The van der Waals surface area contributed by atoms with Gasteiger partial charge in [-0.25, -0.2) is 0 Å². The molecule has 7 heteroatoms. The summed E-state index contributed by atoms with van der Waals surface area (Å²) >= 11 is 0. The Hall–Kier alpha value is -1.18. The van der Waals surface area contributed by atoms with E-state index < -0.39 is 11.7 Å². The topological polar surface area (TPSA) is 91.9 Å². The average molecular weight is 325 g/mol. The molecule has 2 aliphatic heterocycles. The number of anilines is 1. The van der Waals surface area contributed by atoms with Gasteiger partial charge in [-0.3, -0.25) is 0 Å². The lowest BCUT2D eigenvalue weighted by atomic mass is 9.77. The van der Waals surface area contributed by atoms with E-state index in [9.17, 15) is 10.2 Å². The maximum atomic E-state index is 10.4. The Bertz CT molecular complexity index is 556. The van der Waals surface area contributed by atoms with E-state index >= 15 is 0 Å². The summed E-state index contributed by atoms with van der Waals surface area (Å²) in [5.41, 5.74) is -1.62. The van der Waals surface area contributed by atoms with Gasteiger partial charge >= 0.3 is 6.01 Å². The third-order valence-electron chi connectivity index (χ3n) is 4.95. The standard InChI is InChI=1S/C16H27N3O4/c1-14(2,3)12-17-18-13(23-12)19-7-5-16(6-8-19)10-15(4,21)11(20)9-22-16/h11,20-21H,5-10H2,1-4H3/t11-,15-/m0/s1. The van der Waals surface area contributed by atoms with Crippen molar-refractivity contribution in [1.82, 2.24) is 10.2 Å². The first-order valence-corrected chi connectivity index (χ1v) is 8.25. The number of rotatable bonds is 1. The minimum atomic E-state index is -1.09. The van der Waals surface area contributed by atoms with Crippen molar-refractivity contribution in [3.63, 3.8) is 0 Å². The monoisotopic (exact) mass is 325 g/mol. The lowest BCUT2D eigenvalue weighted by Gasteiger charge is -2.49. The van der Waals surface area contributed by atoms with Crippen molar-refractivity contribution in [2.45, 2.75) is 69.7 Å². The zero-order valence-corrected chi connectivity index (χ0v) is 14.4. The molecule has 0 amide bonds. The quantitative estimate of drug-likeness (QED) is 0.802. The molecule has 2 N–H and O–H groups in total. The molecule has 1 aromatic heterocycles. The van der Waals surface area contributed by atoms with Gasteiger partial charge in [0.25, 0.3) is 0 Å². The Balaban J connectivity index is 1.66. The molecule has 130 valence electrons. The second kappa shape index (κ2) is 5.43. The van der Waals surface area contributed by atoms with Crippen LogP contribution >= 0.6 is 0 Å². The van der Waals surface area contributed by atoms with Crippen LogP contribution in [0.1, 0.15) is 52.8 Å². The van der Waals surface area contributed by atoms with Crippen LogP contribution in [0.4, 0.5) is 6.01 Å². The van der Waals surface area contributed by atoms with Crippen molar-refractivity contribution < 1.29 is 19.4 Å². The summed E-state index contributed by atoms with van der Waals surface area (Å²) in [7, 11) is 0. The zero-order chi connectivity index (χ0) is 16.9. The van der Waals surface area contributed by atoms with Crippen molar-refractivity contribution in [3.05, 3.63) is 5.89 Å². The highest BCUT2D eigenvalue weighted by Crippen LogP contribution is 2.40. The Morgan fingerprint density at radius 1 is 1.22 bits per heavy atom. The summed E-state index contributed by atoms with van der Waals surface area (Å²) in [5, 5.41) is 28.5. The van der Waals surface area contributed by atoms with Gasteiger partial charge in [0.1, 0.15) is 6.10 Å². The zero-order valence-electron chi connectivity index (χ0n) is 14.4. The van der Waals surface area contributed by atoms with Gasteiger partial charge in [-0.15, -0.1) is 5.10 Å². The maximum Gasteiger partial charge on any atom is 0.318 e. The summed E-state index contributed by atoms with van der Waals surface area (Å²) in [6, 6.07) is 0.548. The van der Waals surface area contributed by atoms with Crippen LogP contribution in [0, 0.1) is 0 Å². The molecule has 23 heavy (non-hydrogen) atoms. The van der Waals surface area contributed by atoms with Gasteiger partial charge in [0.2, 0.25) is 5.89 Å². The summed E-state index contributed by atoms with van der Waals surface area (Å²) in [4.78, 5) is 2.07. The maximum absolute atomic E-state index is 10.4. The fourth-order valence-corrected chi connectivity index (χ4v) is 3.33. The lowest BCUT2D eigenvalue weighted by molar-refractivity contribution is -0.216. The van der Waals surface area contributed by atoms with Crippen molar-refractivity contribution >= 4 is 6.01 Å². The Morgan fingerprint density at radius 2 is 1.87 bits per heavy atom. The van der Waals surface area contributed by atoms with Gasteiger partial charge in [-0.1, -0.05) is 25.9 Å². The molecule has 1 aromatic rings. The number of aliphatic hydroxyl groups is 2. The number of hydrogen-bond acceptors (Lipinski definition) is 7.